The molecule has 1 heteroatoms. The van der Waals surface area contributed by atoms with Gasteiger partial charge < -0.3 is 0 Å². The lowest BCUT2D eigenvalue weighted by atomic mass is 10.1. The highest BCUT2D eigenvalue weighted by Gasteiger charge is 2.23. The van der Waals surface area contributed by atoms with E-state index in [1.807, 2.05) is 0 Å². The van der Waals surface area contributed by atoms with Crippen LogP contribution in [0.15, 0.2) is 12.2 Å². The summed E-state index contributed by atoms with van der Waals surface area (Å²) in [6.07, 6.45) is 3.96. The molecule has 1 aliphatic rings. The Labute approximate surface area is 70.1 Å². The van der Waals surface area contributed by atoms with Gasteiger partial charge in [0.05, 0.1) is 0 Å². The van der Waals surface area contributed by atoms with E-state index < -0.39 is 0 Å². The summed E-state index contributed by atoms with van der Waals surface area (Å²) in [5.41, 5.74) is 1.34. The Hall–Kier alpha value is -0.300. The fourth-order valence-corrected chi connectivity index (χ4v) is 1.94. The molecule has 1 aliphatic heterocycles. The van der Waals surface area contributed by atoms with Gasteiger partial charge in [-0.3, -0.25) is 4.90 Å². The summed E-state index contributed by atoms with van der Waals surface area (Å²) >= 11 is 0. The van der Waals surface area contributed by atoms with Gasteiger partial charge in [-0.25, -0.2) is 0 Å². The molecule has 64 valence electrons. The lowest BCUT2D eigenvalue weighted by Crippen LogP contribution is -2.30. The van der Waals surface area contributed by atoms with Crippen molar-refractivity contribution in [3.63, 3.8) is 0 Å². The first-order chi connectivity index (χ1) is 5.25. The van der Waals surface area contributed by atoms with Crippen LogP contribution in [0, 0.1) is 0 Å². The molecule has 1 atom stereocenters. The minimum Gasteiger partial charge on any atom is -0.297 e. The summed E-state index contributed by atoms with van der Waals surface area (Å²) in [6.45, 7) is 11.0. The summed E-state index contributed by atoms with van der Waals surface area (Å²) in [6, 6.07) is 0.690. The van der Waals surface area contributed by atoms with Crippen LogP contribution in [0.2, 0.25) is 0 Å². The molecule has 0 aromatic heterocycles. The van der Waals surface area contributed by atoms with Crippen molar-refractivity contribution in [1.29, 1.82) is 0 Å². The molecule has 0 saturated carbocycles. The summed E-state index contributed by atoms with van der Waals surface area (Å²) < 4.78 is 0. The quantitative estimate of drug-likeness (QED) is 0.563. The highest BCUT2D eigenvalue weighted by atomic mass is 15.2. The first kappa shape index (κ1) is 8.79. The molecule has 0 radical (unpaired) electrons. The molecule has 1 fully saturated rings. The average molecular weight is 153 g/mol. The summed E-state index contributed by atoms with van der Waals surface area (Å²) in [7, 11) is 0. The summed E-state index contributed by atoms with van der Waals surface area (Å²) in [4.78, 5) is 2.56. The van der Waals surface area contributed by atoms with Gasteiger partial charge in [0.2, 0.25) is 0 Å². The molecule has 1 saturated heterocycles. The van der Waals surface area contributed by atoms with Crippen molar-refractivity contribution in [3.05, 3.63) is 12.2 Å². The standard InChI is InChI=1S/C10H19N/c1-4-7-11-8-5-6-10(11)9(2)3/h10H,2,4-8H2,1,3H3. The number of rotatable bonds is 3. The van der Waals surface area contributed by atoms with E-state index in [9.17, 15) is 0 Å². The van der Waals surface area contributed by atoms with Crippen molar-refractivity contribution in [2.24, 2.45) is 0 Å². The van der Waals surface area contributed by atoms with Gasteiger partial charge in [-0.05, 0) is 39.3 Å². The maximum atomic E-state index is 4.03. The molecule has 0 bridgehead atoms. The Morgan fingerprint density at radius 2 is 2.36 bits per heavy atom. The largest absolute Gasteiger partial charge is 0.297 e. The number of hydrogen-bond donors (Lipinski definition) is 0. The Morgan fingerprint density at radius 1 is 1.64 bits per heavy atom. The topological polar surface area (TPSA) is 3.24 Å². The number of nitrogens with zero attached hydrogens (tertiary/aromatic N) is 1. The first-order valence-electron chi connectivity index (χ1n) is 4.65. The third kappa shape index (κ3) is 2.06. The zero-order chi connectivity index (χ0) is 8.27. The van der Waals surface area contributed by atoms with Gasteiger partial charge in [-0.1, -0.05) is 19.1 Å². The van der Waals surface area contributed by atoms with E-state index in [0.29, 0.717) is 6.04 Å². The van der Waals surface area contributed by atoms with Crippen molar-refractivity contribution < 1.29 is 0 Å². The molecule has 1 unspecified atom stereocenters. The molecule has 0 aliphatic carbocycles. The normalized spacial score (nSPS) is 25.8. The van der Waals surface area contributed by atoms with Gasteiger partial charge in [0.15, 0.2) is 0 Å². The lowest BCUT2D eigenvalue weighted by Gasteiger charge is -2.23. The summed E-state index contributed by atoms with van der Waals surface area (Å²) in [5, 5.41) is 0. The van der Waals surface area contributed by atoms with E-state index in [4.69, 9.17) is 0 Å². The van der Waals surface area contributed by atoms with Gasteiger partial charge in [0, 0.05) is 6.04 Å². The molecule has 0 spiro atoms. The van der Waals surface area contributed by atoms with Crippen LogP contribution in [0.25, 0.3) is 0 Å². The highest BCUT2D eigenvalue weighted by molar-refractivity contribution is 5.04. The van der Waals surface area contributed by atoms with Crippen molar-refractivity contribution in [3.8, 4) is 0 Å². The SMILES string of the molecule is C=C(C)C1CCCN1CCC. The van der Waals surface area contributed by atoms with Gasteiger partial charge in [0.25, 0.3) is 0 Å². The van der Waals surface area contributed by atoms with Crippen LogP contribution in [0.1, 0.15) is 33.1 Å². The van der Waals surface area contributed by atoms with Gasteiger partial charge >= 0.3 is 0 Å². The monoisotopic (exact) mass is 153 g/mol. The molecule has 1 heterocycles. The molecular weight excluding hydrogens is 134 g/mol. The molecule has 0 N–H and O–H groups in total. The van der Waals surface area contributed by atoms with Crippen molar-refractivity contribution in [1.82, 2.24) is 4.90 Å². The fourth-order valence-electron chi connectivity index (χ4n) is 1.94. The summed E-state index contributed by atoms with van der Waals surface area (Å²) in [5.74, 6) is 0. The second kappa shape index (κ2) is 3.91. The van der Waals surface area contributed by atoms with Crippen molar-refractivity contribution in [2.75, 3.05) is 13.1 Å². The Balaban J connectivity index is 2.44. The fraction of sp³-hybridized carbons (Fsp3) is 0.800. The van der Waals surface area contributed by atoms with Crippen molar-refractivity contribution >= 4 is 0 Å². The van der Waals surface area contributed by atoms with Gasteiger partial charge in [0.1, 0.15) is 0 Å². The maximum Gasteiger partial charge on any atom is 0.0302 e. The third-order valence-electron chi connectivity index (χ3n) is 2.44. The molecule has 1 rings (SSSR count). The van der Waals surface area contributed by atoms with Crippen LogP contribution >= 0.6 is 0 Å². The van der Waals surface area contributed by atoms with Crippen molar-refractivity contribution in [2.45, 2.75) is 39.2 Å². The second-order valence-electron chi connectivity index (χ2n) is 3.54. The lowest BCUT2D eigenvalue weighted by molar-refractivity contribution is 0.281. The molecule has 0 aromatic rings. The van der Waals surface area contributed by atoms with E-state index in [1.165, 1.54) is 37.9 Å². The Morgan fingerprint density at radius 3 is 2.91 bits per heavy atom. The maximum absolute atomic E-state index is 4.03. The van der Waals surface area contributed by atoms with E-state index in [0.717, 1.165) is 0 Å². The third-order valence-corrected chi connectivity index (χ3v) is 2.44. The second-order valence-corrected chi connectivity index (χ2v) is 3.54. The predicted molar refractivity (Wildman–Crippen MR) is 49.7 cm³/mol. The van der Waals surface area contributed by atoms with Crippen LogP contribution in [0.5, 0.6) is 0 Å². The minimum atomic E-state index is 0.690. The van der Waals surface area contributed by atoms with E-state index in [2.05, 4.69) is 25.3 Å². The van der Waals surface area contributed by atoms with Gasteiger partial charge in [-0.15, -0.1) is 0 Å². The smallest absolute Gasteiger partial charge is 0.0302 e. The highest BCUT2D eigenvalue weighted by Crippen LogP contribution is 2.22. The molecular formula is C10H19N. The van der Waals surface area contributed by atoms with Crippen LogP contribution in [0.3, 0.4) is 0 Å². The van der Waals surface area contributed by atoms with Crippen LogP contribution in [-0.2, 0) is 0 Å². The zero-order valence-electron chi connectivity index (χ0n) is 7.77. The van der Waals surface area contributed by atoms with Crippen LogP contribution in [-0.4, -0.2) is 24.0 Å². The molecule has 1 nitrogen and oxygen atoms in total. The average Bonchev–Trinajstić information content (AvgIpc) is 2.36. The zero-order valence-corrected chi connectivity index (χ0v) is 7.77. The molecule has 11 heavy (non-hydrogen) atoms. The van der Waals surface area contributed by atoms with Gasteiger partial charge in [-0.2, -0.15) is 0 Å². The van der Waals surface area contributed by atoms with Crippen LogP contribution in [0.4, 0.5) is 0 Å². The Bertz CT molecular complexity index is 140. The number of hydrogen-bond acceptors (Lipinski definition) is 1. The Kier molecular flexibility index (Phi) is 3.13. The number of likely N-dealkylation sites (tertiary alicyclic amines) is 1. The molecule has 0 aromatic carbocycles. The van der Waals surface area contributed by atoms with E-state index >= 15 is 0 Å². The predicted octanol–water partition coefficient (Wildman–Crippen LogP) is 2.44. The van der Waals surface area contributed by atoms with E-state index in [-0.39, 0.29) is 0 Å². The molecule has 0 amide bonds. The first-order valence-corrected chi connectivity index (χ1v) is 4.65. The van der Waals surface area contributed by atoms with Crippen LogP contribution < -0.4 is 0 Å². The van der Waals surface area contributed by atoms with E-state index in [1.54, 1.807) is 0 Å². The minimum absolute atomic E-state index is 0.690.